The average molecular weight is 152 g/mol. The molecule has 0 heterocycles. The van der Waals surface area contributed by atoms with Crippen molar-refractivity contribution in [2.45, 2.75) is 40.0 Å². The van der Waals surface area contributed by atoms with Gasteiger partial charge < -0.3 is 0 Å². The van der Waals surface area contributed by atoms with Crippen molar-refractivity contribution in [3.63, 3.8) is 0 Å². The molecule has 2 fully saturated rings. The fourth-order valence-corrected chi connectivity index (χ4v) is 3.51. The molecule has 0 nitrogen and oxygen atoms in total. The van der Waals surface area contributed by atoms with E-state index in [0.29, 0.717) is 0 Å². The van der Waals surface area contributed by atoms with E-state index in [0.717, 1.165) is 29.6 Å². The largest absolute Gasteiger partial charge is 0.0651 e. The maximum atomic E-state index is 2.47. The molecule has 0 amide bonds. The number of hydrogen-bond donors (Lipinski definition) is 0. The second-order valence-electron chi connectivity index (χ2n) is 4.81. The standard InChI is InChI=1S/C11H20/c1-4-9-6-10-5-7(2)8(3)11(9)10/h7-11H,4-6H2,1-3H3. The van der Waals surface area contributed by atoms with E-state index in [1.807, 2.05) is 0 Å². The molecule has 0 radical (unpaired) electrons. The second-order valence-corrected chi connectivity index (χ2v) is 4.81. The van der Waals surface area contributed by atoms with Crippen LogP contribution in [0.2, 0.25) is 0 Å². The van der Waals surface area contributed by atoms with Crippen molar-refractivity contribution in [1.82, 2.24) is 0 Å². The zero-order chi connectivity index (χ0) is 8.01. The van der Waals surface area contributed by atoms with Crippen molar-refractivity contribution < 1.29 is 0 Å². The summed E-state index contributed by atoms with van der Waals surface area (Å²) in [5.41, 5.74) is 0. The van der Waals surface area contributed by atoms with Crippen LogP contribution in [-0.4, -0.2) is 0 Å². The monoisotopic (exact) mass is 152 g/mol. The third kappa shape index (κ3) is 0.947. The van der Waals surface area contributed by atoms with Gasteiger partial charge in [0.05, 0.1) is 0 Å². The normalized spacial score (nSPS) is 55.4. The topological polar surface area (TPSA) is 0 Å². The molecule has 2 aliphatic carbocycles. The van der Waals surface area contributed by atoms with Crippen molar-refractivity contribution >= 4 is 0 Å². The van der Waals surface area contributed by atoms with E-state index < -0.39 is 0 Å². The zero-order valence-electron chi connectivity index (χ0n) is 8.01. The third-order valence-electron chi connectivity index (χ3n) is 4.40. The van der Waals surface area contributed by atoms with Crippen LogP contribution in [0.1, 0.15) is 40.0 Å². The van der Waals surface area contributed by atoms with E-state index in [-0.39, 0.29) is 0 Å². The van der Waals surface area contributed by atoms with Crippen molar-refractivity contribution in [3.05, 3.63) is 0 Å². The molecule has 2 aliphatic rings. The van der Waals surface area contributed by atoms with Gasteiger partial charge in [-0.3, -0.25) is 0 Å². The molecule has 0 spiro atoms. The molecule has 2 rings (SSSR count). The first kappa shape index (κ1) is 7.64. The van der Waals surface area contributed by atoms with Crippen LogP contribution in [0.25, 0.3) is 0 Å². The molecular weight excluding hydrogens is 132 g/mol. The Balaban J connectivity index is 2.03. The van der Waals surface area contributed by atoms with Crippen LogP contribution >= 0.6 is 0 Å². The Labute approximate surface area is 70.4 Å². The predicted octanol–water partition coefficient (Wildman–Crippen LogP) is 3.32. The van der Waals surface area contributed by atoms with E-state index in [4.69, 9.17) is 0 Å². The molecule has 5 unspecified atom stereocenters. The minimum atomic E-state index is 1.02. The summed E-state index contributed by atoms with van der Waals surface area (Å²) in [6, 6.07) is 0. The lowest BCUT2D eigenvalue weighted by Crippen LogP contribution is -2.35. The van der Waals surface area contributed by atoms with Crippen LogP contribution in [0.5, 0.6) is 0 Å². The van der Waals surface area contributed by atoms with Crippen molar-refractivity contribution in [2.75, 3.05) is 0 Å². The highest BCUT2D eigenvalue weighted by molar-refractivity contribution is 4.98. The molecule has 0 N–H and O–H groups in total. The quantitative estimate of drug-likeness (QED) is 0.540. The molecule has 5 atom stereocenters. The maximum absolute atomic E-state index is 2.47. The maximum Gasteiger partial charge on any atom is -0.0329 e. The number of hydrogen-bond acceptors (Lipinski definition) is 0. The van der Waals surface area contributed by atoms with Crippen molar-refractivity contribution in [2.24, 2.45) is 29.6 Å². The Morgan fingerprint density at radius 2 is 1.91 bits per heavy atom. The van der Waals surface area contributed by atoms with E-state index in [9.17, 15) is 0 Å². The van der Waals surface area contributed by atoms with Crippen molar-refractivity contribution in [3.8, 4) is 0 Å². The Hall–Kier alpha value is 0. The first-order valence-corrected chi connectivity index (χ1v) is 5.24. The molecule has 0 aromatic heterocycles. The summed E-state index contributed by atoms with van der Waals surface area (Å²) in [6.07, 6.45) is 4.51. The summed E-state index contributed by atoms with van der Waals surface area (Å²) in [5.74, 6) is 5.39. The van der Waals surface area contributed by atoms with Crippen molar-refractivity contribution in [1.29, 1.82) is 0 Å². The Kier molecular flexibility index (Phi) is 1.74. The van der Waals surface area contributed by atoms with Gasteiger partial charge in [0.25, 0.3) is 0 Å². The van der Waals surface area contributed by atoms with Crippen LogP contribution in [0.15, 0.2) is 0 Å². The number of rotatable bonds is 1. The van der Waals surface area contributed by atoms with Gasteiger partial charge >= 0.3 is 0 Å². The minimum absolute atomic E-state index is 1.02. The summed E-state index contributed by atoms with van der Waals surface area (Å²) >= 11 is 0. The minimum Gasteiger partial charge on any atom is -0.0651 e. The Morgan fingerprint density at radius 1 is 1.18 bits per heavy atom. The van der Waals surface area contributed by atoms with Gasteiger partial charge in [0, 0.05) is 0 Å². The van der Waals surface area contributed by atoms with E-state index in [1.54, 1.807) is 6.42 Å². The van der Waals surface area contributed by atoms with E-state index in [1.165, 1.54) is 12.8 Å². The first-order chi connectivity index (χ1) is 5.24. The summed E-state index contributed by atoms with van der Waals surface area (Å²) in [6.45, 7) is 7.27. The fraction of sp³-hybridized carbons (Fsp3) is 1.00. The molecule has 0 aromatic carbocycles. The molecule has 0 aliphatic heterocycles. The van der Waals surface area contributed by atoms with Gasteiger partial charge in [-0.15, -0.1) is 0 Å². The van der Waals surface area contributed by atoms with Crippen LogP contribution in [0, 0.1) is 29.6 Å². The average Bonchev–Trinajstić information content (AvgIpc) is 2.13. The summed E-state index contributed by atoms with van der Waals surface area (Å²) in [4.78, 5) is 0. The highest BCUT2D eigenvalue weighted by atomic mass is 14.5. The van der Waals surface area contributed by atoms with E-state index in [2.05, 4.69) is 20.8 Å². The highest BCUT2D eigenvalue weighted by Crippen LogP contribution is 2.57. The predicted molar refractivity (Wildman–Crippen MR) is 48.3 cm³/mol. The second kappa shape index (κ2) is 2.50. The van der Waals surface area contributed by atoms with Gasteiger partial charge in [-0.2, -0.15) is 0 Å². The molecule has 0 bridgehead atoms. The first-order valence-electron chi connectivity index (χ1n) is 5.24. The summed E-state index contributed by atoms with van der Waals surface area (Å²) < 4.78 is 0. The highest BCUT2D eigenvalue weighted by Gasteiger charge is 2.49. The molecule has 11 heavy (non-hydrogen) atoms. The van der Waals surface area contributed by atoms with Crippen LogP contribution in [0.3, 0.4) is 0 Å². The van der Waals surface area contributed by atoms with Gasteiger partial charge in [0.15, 0.2) is 0 Å². The van der Waals surface area contributed by atoms with Gasteiger partial charge in [0.2, 0.25) is 0 Å². The summed E-state index contributed by atoms with van der Waals surface area (Å²) in [5, 5.41) is 0. The zero-order valence-corrected chi connectivity index (χ0v) is 8.01. The Bertz CT molecular complexity index is 146. The van der Waals surface area contributed by atoms with Gasteiger partial charge in [-0.1, -0.05) is 27.2 Å². The van der Waals surface area contributed by atoms with Gasteiger partial charge in [-0.25, -0.2) is 0 Å². The smallest absolute Gasteiger partial charge is 0.0329 e. The molecule has 0 aromatic rings. The molecule has 64 valence electrons. The van der Waals surface area contributed by atoms with Gasteiger partial charge in [-0.05, 0) is 42.4 Å². The van der Waals surface area contributed by atoms with Crippen LogP contribution in [-0.2, 0) is 0 Å². The molecule has 0 saturated heterocycles. The SMILES string of the molecule is CCC1CC2CC(C)C(C)C12. The van der Waals surface area contributed by atoms with Crippen LogP contribution < -0.4 is 0 Å². The third-order valence-corrected chi connectivity index (χ3v) is 4.40. The summed E-state index contributed by atoms with van der Waals surface area (Å²) in [7, 11) is 0. The molecule has 0 heteroatoms. The van der Waals surface area contributed by atoms with Gasteiger partial charge in [0.1, 0.15) is 0 Å². The number of fused-ring (bicyclic) bond motifs is 1. The fourth-order valence-electron chi connectivity index (χ4n) is 3.51. The van der Waals surface area contributed by atoms with Crippen LogP contribution in [0.4, 0.5) is 0 Å². The molecular formula is C11H20. The lowest BCUT2D eigenvalue weighted by molar-refractivity contribution is 0.0685. The lowest BCUT2D eigenvalue weighted by atomic mass is 9.63. The van der Waals surface area contributed by atoms with E-state index >= 15 is 0 Å². The lowest BCUT2D eigenvalue weighted by Gasteiger charge is -2.42. The Morgan fingerprint density at radius 3 is 2.45 bits per heavy atom. The molecule has 2 saturated carbocycles.